The van der Waals surface area contributed by atoms with Gasteiger partial charge in [-0.3, -0.25) is 0 Å². The lowest BCUT2D eigenvalue weighted by atomic mass is 10.1. The molecule has 0 fully saturated rings. The lowest BCUT2D eigenvalue weighted by Crippen LogP contribution is -1.92. The van der Waals surface area contributed by atoms with E-state index in [0.29, 0.717) is 11.1 Å². The monoisotopic (exact) mass is 248 g/mol. The molecular formula is C10H7Cl2FO2. The van der Waals surface area contributed by atoms with Crippen LogP contribution in [0.2, 0.25) is 10.0 Å². The van der Waals surface area contributed by atoms with Crippen LogP contribution in [0.3, 0.4) is 0 Å². The second-order valence-electron chi connectivity index (χ2n) is 2.91. The SMILES string of the molecule is CC(=CC(=O)O)c1cc(F)c(Cl)cc1Cl. The maximum absolute atomic E-state index is 13.1. The van der Waals surface area contributed by atoms with Gasteiger partial charge in [0.1, 0.15) is 5.82 Å². The first-order valence-electron chi connectivity index (χ1n) is 3.98. The fourth-order valence-electron chi connectivity index (χ4n) is 1.09. The van der Waals surface area contributed by atoms with Crippen molar-refractivity contribution in [2.75, 3.05) is 0 Å². The molecule has 0 aliphatic heterocycles. The Bertz CT molecular complexity index is 441. The van der Waals surface area contributed by atoms with Crippen LogP contribution in [0.15, 0.2) is 18.2 Å². The quantitative estimate of drug-likeness (QED) is 0.642. The van der Waals surface area contributed by atoms with Crippen molar-refractivity contribution < 1.29 is 14.3 Å². The highest BCUT2D eigenvalue weighted by Crippen LogP contribution is 2.28. The Kier molecular flexibility index (Phi) is 3.72. The first-order valence-corrected chi connectivity index (χ1v) is 4.73. The molecule has 0 saturated carbocycles. The average molecular weight is 249 g/mol. The molecule has 0 bridgehead atoms. The zero-order valence-electron chi connectivity index (χ0n) is 7.72. The number of carbonyl (C=O) groups is 1. The standard InChI is InChI=1S/C10H7Cl2FO2/c1-5(2-10(14)15)6-3-9(13)8(12)4-7(6)11/h2-4H,1H3,(H,14,15). The van der Waals surface area contributed by atoms with Crippen molar-refractivity contribution in [3.05, 3.63) is 39.6 Å². The van der Waals surface area contributed by atoms with Crippen LogP contribution in [0.25, 0.3) is 5.57 Å². The van der Waals surface area contributed by atoms with Crippen LogP contribution in [0, 0.1) is 5.82 Å². The Balaban J connectivity index is 3.26. The summed E-state index contributed by atoms with van der Waals surface area (Å²) >= 11 is 11.3. The third-order valence-corrected chi connectivity index (χ3v) is 2.38. The van der Waals surface area contributed by atoms with E-state index in [2.05, 4.69) is 0 Å². The van der Waals surface area contributed by atoms with Crippen molar-refractivity contribution in [3.8, 4) is 0 Å². The highest BCUT2D eigenvalue weighted by Gasteiger charge is 2.09. The van der Waals surface area contributed by atoms with Crippen LogP contribution in [-0.4, -0.2) is 11.1 Å². The summed E-state index contributed by atoms with van der Waals surface area (Å²) in [6.07, 6.45) is 0.953. The summed E-state index contributed by atoms with van der Waals surface area (Å²) in [5, 5.41) is 8.65. The van der Waals surface area contributed by atoms with Crippen LogP contribution in [0.5, 0.6) is 0 Å². The van der Waals surface area contributed by atoms with Crippen LogP contribution in [0.4, 0.5) is 4.39 Å². The molecular weight excluding hydrogens is 242 g/mol. The van der Waals surface area contributed by atoms with Gasteiger partial charge in [-0.2, -0.15) is 0 Å². The van der Waals surface area contributed by atoms with E-state index in [9.17, 15) is 9.18 Å². The van der Waals surface area contributed by atoms with Crippen molar-refractivity contribution in [2.45, 2.75) is 6.92 Å². The molecule has 5 heteroatoms. The van der Waals surface area contributed by atoms with Crippen molar-refractivity contribution in [3.63, 3.8) is 0 Å². The van der Waals surface area contributed by atoms with Gasteiger partial charge in [0.15, 0.2) is 0 Å². The molecule has 0 radical (unpaired) electrons. The van der Waals surface area contributed by atoms with Crippen LogP contribution < -0.4 is 0 Å². The van der Waals surface area contributed by atoms with Gasteiger partial charge >= 0.3 is 5.97 Å². The van der Waals surface area contributed by atoms with Crippen molar-refractivity contribution >= 4 is 34.7 Å². The van der Waals surface area contributed by atoms with Crippen LogP contribution >= 0.6 is 23.2 Å². The largest absolute Gasteiger partial charge is 0.478 e. The van der Waals surface area contributed by atoms with Gasteiger partial charge < -0.3 is 5.11 Å². The molecule has 1 N–H and O–H groups in total. The topological polar surface area (TPSA) is 37.3 Å². The first-order chi connectivity index (χ1) is 6.91. The number of hydrogen-bond acceptors (Lipinski definition) is 1. The summed E-state index contributed by atoms with van der Waals surface area (Å²) < 4.78 is 13.1. The summed E-state index contributed by atoms with van der Waals surface area (Å²) in [4.78, 5) is 10.4. The molecule has 0 amide bonds. The summed E-state index contributed by atoms with van der Waals surface area (Å²) in [5.74, 6) is -1.74. The molecule has 0 atom stereocenters. The highest BCUT2D eigenvalue weighted by molar-refractivity contribution is 6.35. The molecule has 0 saturated heterocycles. The summed E-state index contributed by atoms with van der Waals surface area (Å²) in [7, 11) is 0. The van der Waals surface area contributed by atoms with Crippen molar-refractivity contribution in [1.29, 1.82) is 0 Å². The smallest absolute Gasteiger partial charge is 0.328 e. The Hall–Kier alpha value is -1.06. The molecule has 0 unspecified atom stereocenters. The normalized spacial score (nSPS) is 11.6. The number of rotatable bonds is 2. The maximum atomic E-state index is 13.1. The molecule has 0 heterocycles. The van der Waals surface area contributed by atoms with E-state index in [1.165, 1.54) is 13.0 Å². The number of allylic oxidation sites excluding steroid dienone is 1. The molecule has 15 heavy (non-hydrogen) atoms. The number of aliphatic carboxylic acids is 1. The molecule has 0 aromatic heterocycles. The van der Waals surface area contributed by atoms with E-state index in [1.54, 1.807) is 0 Å². The first kappa shape index (κ1) is 12.0. The Labute approximate surface area is 95.9 Å². The van der Waals surface area contributed by atoms with E-state index in [4.69, 9.17) is 28.3 Å². The summed E-state index contributed by atoms with van der Waals surface area (Å²) in [5.41, 5.74) is 0.684. The fourth-order valence-corrected chi connectivity index (χ4v) is 1.62. The summed E-state index contributed by atoms with van der Waals surface area (Å²) in [6, 6.07) is 2.35. The molecule has 80 valence electrons. The molecule has 1 aromatic rings. The lowest BCUT2D eigenvalue weighted by molar-refractivity contribution is -0.131. The van der Waals surface area contributed by atoms with E-state index < -0.39 is 11.8 Å². The number of hydrogen-bond donors (Lipinski definition) is 1. The number of carboxylic acid groups (broad SMARTS) is 1. The third kappa shape index (κ3) is 2.94. The number of carboxylic acids is 1. The lowest BCUT2D eigenvalue weighted by Gasteiger charge is -2.05. The molecule has 1 aromatic carbocycles. The van der Waals surface area contributed by atoms with Crippen molar-refractivity contribution in [1.82, 2.24) is 0 Å². The summed E-state index contributed by atoms with van der Waals surface area (Å²) in [6.45, 7) is 1.53. The number of benzene rings is 1. The molecule has 2 nitrogen and oxygen atoms in total. The molecule has 0 aliphatic rings. The minimum absolute atomic E-state index is 0.0909. The maximum Gasteiger partial charge on any atom is 0.328 e. The van der Waals surface area contributed by atoms with Gasteiger partial charge in [-0.1, -0.05) is 23.2 Å². The van der Waals surface area contributed by atoms with E-state index in [0.717, 1.165) is 12.1 Å². The van der Waals surface area contributed by atoms with Crippen LogP contribution in [0.1, 0.15) is 12.5 Å². The van der Waals surface area contributed by atoms with E-state index in [1.807, 2.05) is 0 Å². The van der Waals surface area contributed by atoms with E-state index in [-0.39, 0.29) is 10.0 Å². The van der Waals surface area contributed by atoms with Crippen LogP contribution in [-0.2, 0) is 4.79 Å². The molecule has 1 rings (SSSR count). The average Bonchev–Trinajstić information content (AvgIpc) is 2.09. The van der Waals surface area contributed by atoms with Gasteiger partial charge in [-0.25, -0.2) is 9.18 Å². The Morgan fingerprint density at radius 3 is 2.53 bits per heavy atom. The predicted octanol–water partition coefficient (Wildman–Crippen LogP) is 3.62. The van der Waals surface area contributed by atoms with E-state index >= 15 is 0 Å². The predicted molar refractivity (Wildman–Crippen MR) is 57.7 cm³/mol. The second kappa shape index (κ2) is 4.64. The Morgan fingerprint density at radius 1 is 1.40 bits per heavy atom. The van der Waals surface area contributed by atoms with Gasteiger partial charge in [0.2, 0.25) is 0 Å². The van der Waals surface area contributed by atoms with Gasteiger partial charge in [0.05, 0.1) is 5.02 Å². The highest BCUT2D eigenvalue weighted by atomic mass is 35.5. The number of halogens is 3. The Morgan fingerprint density at radius 2 is 2.00 bits per heavy atom. The fraction of sp³-hybridized carbons (Fsp3) is 0.100. The van der Waals surface area contributed by atoms with Gasteiger partial charge in [0, 0.05) is 11.1 Å². The minimum Gasteiger partial charge on any atom is -0.478 e. The molecule has 0 spiro atoms. The zero-order chi connectivity index (χ0) is 11.6. The van der Waals surface area contributed by atoms with Crippen molar-refractivity contribution in [2.24, 2.45) is 0 Å². The molecule has 0 aliphatic carbocycles. The van der Waals surface area contributed by atoms with Gasteiger partial charge in [-0.15, -0.1) is 0 Å². The van der Waals surface area contributed by atoms with Gasteiger partial charge in [0.25, 0.3) is 0 Å². The zero-order valence-corrected chi connectivity index (χ0v) is 9.23. The third-order valence-electron chi connectivity index (χ3n) is 1.77. The van der Waals surface area contributed by atoms with Gasteiger partial charge in [-0.05, 0) is 30.2 Å². The minimum atomic E-state index is -1.11. The second-order valence-corrected chi connectivity index (χ2v) is 3.73.